The Hall–Kier alpha value is -1.88. The van der Waals surface area contributed by atoms with Crippen LogP contribution in [-0.4, -0.2) is 13.2 Å². The van der Waals surface area contributed by atoms with Crippen LogP contribution >= 0.6 is 0 Å². The van der Waals surface area contributed by atoms with Crippen LogP contribution in [0.5, 0.6) is 11.5 Å². The van der Waals surface area contributed by atoms with Crippen LogP contribution in [0.2, 0.25) is 0 Å². The van der Waals surface area contributed by atoms with Crippen LogP contribution in [0.25, 0.3) is 0 Å². The minimum atomic E-state index is 0.566. The molecule has 0 aliphatic heterocycles. The molecule has 1 aromatic carbocycles. The van der Waals surface area contributed by atoms with Gasteiger partial charge in [0.1, 0.15) is 11.5 Å². The molecule has 0 spiro atoms. The summed E-state index contributed by atoms with van der Waals surface area (Å²) in [7, 11) is 0. The van der Waals surface area contributed by atoms with Crippen molar-refractivity contribution in [1.82, 2.24) is 0 Å². The molecule has 1 aromatic rings. The van der Waals surface area contributed by atoms with Gasteiger partial charge >= 0.3 is 0 Å². The summed E-state index contributed by atoms with van der Waals surface area (Å²) in [5, 5.41) is 0. The quantitative estimate of drug-likeness (QED) is 0.272. The Morgan fingerprint density at radius 3 is 2.12 bits per heavy atom. The van der Waals surface area contributed by atoms with E-state index in [2.05, 4.69) is 37.8 Å². The lowest BCUT2D eigenvalue weighted by Crippen LogP contribution is -2.19. The molecular weight excluding hydrogens is 392 g/mol. The smallest absolute Gasteiger partial charge is 0.119 e. The van der Waals surface area contributed by atoms with E-state index in [9.17, 15) is 0 Å². The molecule has 2 nitrogen and oxygen atoms in total. The standard InChI is InChI=1S/C30H44O2/c1-3-5-23-31-29-19-21-30(22-20-29)32-24-28-17-15-27(16-18-28)10-7-6-9-26-13-11-25(8-4-2)12-14-26/h6,9,19-22,25-28H,3-5,8,11-18,23-24H2,1-2H3/b9-6+. The second-order valence-electron chi connectivity index (χ2n) is 9.92. The first-order valence-corrected chi connectivity index (χ1v) is 13.3. The molecule has 0 atom stereocenters. The van der Waals surface area contributed by atoms with E-state index in [4.69, 9.17) is 9.47 Å². The Morgan fingerprint density at radius 2 is 1.47 bits per heavy atom. The monoisotopic (exact) mass is 436 g/mol. The van der Waals surface area contributed by atoms with Crippen molar-refractivity contribution in [2.75, 3.05) is 13.2 Å². The van der Waals surface area contributed by atoms with Gasteiger partial charge in [0.2, 0.25) is 0 Å². The lowest BCUT2D eigenvalue weighted by Gasteiger charge is -2.26. The van der Waals surface area contributed by atoms with Gasteiger partial charge in [0, 0.05) is 5.92 Å². The van der Waals surface area contributed by atoms with Gasteiger partial charge in [0.05, 0.1) is 13.2 Å². The highest BCUT2D eigenvalue weighted by atomic mass is 16.5. The van der Waals surface area contributed by atoms with Crippen LogP contribution in [0.3, 0.4) is 0 Å². The number of rotatable bonds is 10. The summed E-state index contributed by atoms with van der Waals surface area (Å²) in [6.45, 7) is 6.10. The van der Waals surface area contributed by atoms with Crippen molar-refractivity contribution in [1.29, 1.82) is 0 Å². The molecule has 2 fully saturated rings. The zero-order valence-corrected chi connectivity index (χ0v) is 20.5. The van der Waals surface area contributed by atoms with Gasteiger partial charge in [-0.3, -0.25) is 0 Å². The molecule has 0 unspecified atom stereocenters. The highest BCUT2D eigenvalue weighted by Crippen LogP contribution is 2.32. The predicted octanol–water partition coefficient (Wildman–Crippen LogP) is 8.22. The fourth-order valence-electron chi connectivity index (χ4n) is 5.08. The zero-order chi connectivity index (χ0) is 22.4. The number of unbranched alkanes of at least 4 members (excludes halogenated alkanes) is 1. The van der Waals surface area contributed by atoms with Crippen LogP contribution in [0.4, 0.5) is 0 Å². The van der Waals surface area contributed by atoms with Crippen molar-refractivity contribution in [3.63, 3.8) is 0 Å². The molecule has 0 heterocycles. The second-order valence-corrected chi connectivity index (χ2v) is 9.92. The van der Waals surface area contributed by atoms with Crippen LogP contribution in [0.15, 0.2) is 36.4 Å². The molecule has 0 saturated heterocycles. The Morgan fingerprint density at radius 1 is 0.812 bits per heavy atom. The Bertz CT molecular complexity index is 707. The molecule has 0 amide bonds. The maximum Gasteiger partial charge on any atom is 0.119 e. The van der Waals surface area contributed by atoms with Gasteiger partial charge in [-0.05, 0) is 106 Å². The lowest BCUT2D eigenvalue weighted by atomic mass is 9.80. The number of hydrogen-bond acceptors (Lipinski definition) is 2. The lowest BCUT2D eigenvalue weighted by molar-refractivity contribution is 0.196. The third kappa shape index (κ3) is 8.93. The molecule has 0 radical (unpaired) electrons. The van der Waals surface area contributed by atoms with Gasteiger partial charge in [0.15, 0.2) is 0 Å². The van der Waals surface area contributed by atoms with Gasteiger partial charge < -0.3 is 9.47 Å². The second kappa shape index (κ2) is 14.3. The van der Waals surface area contributed by atoms with Gasteiger partial charge in [-0.25, -0.2) is 0 Å². The first kappa shape index (κ1) is 24.8. The molecule has 0 N–H and O–H groups in total. The number of allylic oxidation sites excluding steroid dienone is 2. The van der Waals surface area contributed by atoms with E-state index in [1.807, 2.05) is 24.3 Å². The van der Waals surface area contributed by atoms with Crippen LogP contribution in [-0.2, 0) is 0 Å². The maximum absolute atomic E-state index is 6.05. The predicted molar refractivity (Wildman–Crippen MR) is 135 cm³/mol. The Labute approximate surface area is 197 Å². The maximum atomic E-state index is 6.05. The van der Waals surface area contributed by atoms with Crippen molar-refractivity contribution in [2.24, 2.45) is 23.7 Å². The number of hydrogen-bond donors (Lipinski definition) is 0. The zero-order valence-electron chi connectivity index (χ0n) is 20.5. The third-order valence-electron chi connectivity index (χ3n) is 7.25. The van der Waals surface area contributed by atoms with Crippen molar-refractivity contribution in [3.05, 3.63) is 36.4 Å². The minimum Gasteiger partial charge on any atom is -0.494 e. The molecular formula is C30H44O2. The summed E-state index contributed by atoms with van der Waals surface area (Å²) in [5.41, 5.74) is 0. The normalized spacial score (nSPS) is 25.8. The van der Waals surface area contributed by atoms with Gasteiger partial charge in [0.25, 0.3) is 0 Å². The van der Waals surface area contributed by atoms with E-state index < -0.39 is 0 Å². The summed E-state index contributed by atoms with van der Waals surface area (Å²) in [6, 6.07) is 8.09. The van der Waals surface area contributed by atoms with E-state index in [-0.39, 0.29) is 0 Å². The van der Waals surface area contributed by atoms with E-state index in [1.54, 1.807) is 0 Å². The summed E-state index contributed by atoms with van der Waals surface area (Å²) < 4.78 is 11.8. The molecule has 0 bridgehead atoms. The van der Waals surface area contributed by atoms with Crippen LogP contribution < -0.4 is 9.47 Å². The first-order chi connectivity index (χ1) is 15.8. The minimum absolute atomic E-state index is 0.566. The highest BCUT2D eigenvalue weighted by Gasteiger charge is 2.21. The first-order valence-electron chi connectivity index (χ1n) is 13.3. The van der Waals surface area contributed by atoms with Crippen molar-refractivity contribution in [3.8, 4) is 23.3 Å². The average Bonchev–Trinajstić information content (AvgIpc) is 2.83. The summed E-state index contributed by atoms with van der Waals surface area (Å²) >= 11 is 0. The Kier molecular flexibility index (Phi) is 11.1. The molecule has 2 saturated carbocycles. The molecule has 3 rings (SSSR count). The van der Waals surface area contributed by atoms with Crippen LogP contribution in [0.1, 0.15) is 90.9 Å². The molecule has 2 heteroatoms. The molecule has 0 aromatic heterocycles. The van der Waals surface area contributed by atoms with Crippen LogP contribution in [0, 0.1) is 35.5 Å². The van der Waals surface area contributed by atoms with E-state index in [0.29, 0.717) is 11.8 Å². The van der Waals surface area contributed by atoms with Gasteiger partial charge in [-0.2, -0.15) is 0 Å². The van der Waals surface area contributed by atoms with E-state index in [0.717, 1.165) is 49.4 Å². The van der Waals surface area contributed by atoms with E-state index in [1.165, 1.54) is 64.2 Å². The van der Waals surface area contributed by atoms with Crippen molar-refractivity contribution >= 4 is 0 Å². The van der Waals surface area contributed by atoms with E-state index >= 15 is 0 Å². The summed E-state index contributed by atoms with van der Waals surface area (Å²) in [6.07, 6.45) is 20.0. The SMILES string of the molecule is CCCCOc1ccc(OCC2CCC(C#C/C=C/C3CCC(CCC)CC3)CC2)cc1. The molecule has 32 heavy (non-hydrogen) atoms. The average molecular weight is 437 g/mol. The number of ether oxygens (including phenoxy) is 2. The number of benzene rings is 1. The van der Waals surface area contributed by atoms with Gasteiger partial charge in [-0.1, -0.05) is 51.0 Å². The summed E-state index contributed by atoms with van der Waals surface area (Å²) in [4.78, 5) is 0. The fourth-order valence-corrected chi connectivity index (χ4v) is 5.08. The van der Waals surface area contributed by atoms with Gasteiger partial charge in [-0.15, -0.1) is 0 Å². The largest absolute Gasteiger partial charge is 0.494 e. The van der Waals surface area contributed by atoms with Crippen molar-refractivity contribution in [2.45, 2.75) is 90.9 Å². The molecule has 2 aliphatic rings. The topological polar surface area (TPSA) is 18.5 Å². The summed E-state index contributed by atoms with van der Waals surface area (Å²) in [5.74, 6) is 11.7. The molecule has 2 aliphatic carbocycles. The molecule has 176 valence electrons. The highest BCUT2D eigenvalue weighted by molar-refractivity contribution is 5.31. The fraction of sp³-hybridized carbons (Fsp3) is 0.667. The Balaban J connectivity index is 1.29. The third-order valence-corrected chi connectivity index (χ3v) is 7.25. The van der Waals surface area contributed by atoms with Crippen molar-refractivity contribution < 1.29 is 9.47 Å².